The summed E-state index contributed by atoms with van der Waals surface area (Å²) in [4.78, 5) is 1.19. The lowest BCUT2D eigenvalue weighted by Gasteiger charge is -2.05. The molecular weight excluding hydrogens is 196 g/mol. The lowest BCUT2D eigenvalue weighted by molar-refractivity contribution is 0.700. The van der Waals surface area contributed by atoms with Gasteiger partial charge in [-0.15, -0.1) is 16.4 Å². The Hall–Kier alpha value is -1.20. The zero-order valence-electron chi connectivity index (χ0n) is 7.92. The van der Waals surface area contributed by atoms with Crippen molar-refractivity contribution in [2.45, 2.75) is 12.5 Å². The van der Waals surface area contributed by atoms with Crippen LogP contribution in [0.2, 0.25) is 0 Å². The fraction of sp³-hybridized carbons (Fsp3) is 0.333. The topological polar surface area (TPSA) is 56.7 Å². The molecule has 0 amide bonds. The average Bonchev–Trinajstić information content (AvgIpc) is 2.75. The Bertz CT molecular complexity index is 393. The van der Waals surface area contributed by atoms with Gasteiger partial charge < -0.3 is 5.73 Å². The molecular formula is C9H12N4S. The summed E-state index contributed by atoms with van der Waals surface area (Å²) >= 11 is 1.68. The van der Waals surface area contributed by atoms with Crippen LogP contribution in [0.3, 0.4) is 0 Å². The summed E-state index contributed by atoms with van der Waals surface area (Å²) in [5.74, 6) is 0. The molecule has 0 aromatic carbocycles. The molecule has 0 aliphatic carbocycles. The number of hydrogen-bond acceptors (Lipinski definition) is 4. The second-order valence-corrected chi connectivity index (χ2v) is 4.19. The zero-order valence-corrected chi connectivity index (χ0v) is 8.74. The molecule has 74 valence electrons. The first-order valence-corrected chi connectivity index (χ1v) is 5.28. The normalized spacial score (nSPS) is 13.0. The van der Waals surface area contributed by atoms with Gasteiger partial charge in [0.05, 0.1) is 5.69 Å². The summed E-state index contributed by atoms with van der Waals surface area (Å²) in [5, 5.41) is 9.90. The Morgan fingerprint density at radius 2 is 2.50 bits per heavy atom. The maximum atomic E-state index is 6.01. The van der Waals surface area contributed by atoms with Gasteiger partial charge in [-0.25, -0.2) is 0 Å². The minimum atomic E-state index is 0.0340. The van der Waals surface area contributed by atoms with Crippen molar-refractivity contribution in [3.63, 3.8) is 0 Å². The predicted molar refractivity (Wildman–Crippen MR) is 56.0 cm³/mol. The van der Waals surface area contributed by atoms with E-state index < -0.39 is 0 Å². The first-order chi connectivity index (χ1) is 6.75. The molecule has 1 unspecified atom stereocenters. The maximum Gasteiger partial charge on any atom is 0.0846 e. The van der Waals surface area contributed by atoms with Gasteiger partial charge in [0.2, 0.25) is 0 Å². The largest absolute Gasteiger partial charge is 0.323 e. The van der Waals surface area contributed by atoms with Crippen molar-refractivity contribution >= 4 is 11.3 Å². The van der Waals surface area contributed by atoms with Crippen LogP contribution in [0.5, 0.6) is 0 Å². The van der Waals surface area contributed by atoms with E-state index in [-0.39, 0.29) is 6.04 Å². The highest BCUT2D eigenvalue weighted by Gasteiger charge is 2.09. The Labute approximate surface area is 86.4 Å². The second-order valence-electron chi connectivity index (χ2n) is 3.21. The van der Waals surface area contributed by atoms with E-state index in [0.29, 0.717) is 0 Å². The Morgan fingerprint density at radius 3 is 3.07 bits per heavy atom. The minimum absolute atomic E-state index is 0.0340. The lowest BCUT2D eigenvalue weighted by Crippen LogP contribution is -2.11. The Balaban J connectivity index is 2.05. The third kappa shape index (κ3) is 2.00. The molecule has 0 saturated carbocycles. The van der Waals surface area contributed by atoms with Crippen LogP contribution in [0.15, 0.2) is 23.7 Å². The molecule has 2 rings (SSSR count). The van der Waals surface area contributed by atoms with Crippen molar-refractivity contribution in [2.75, 3.05) is 0 Å². The van der Waals surface area contributed by atoms with E-state index in [2.05, 4.69) is 10.3 Å². The molecule has 0 bridgehead atoms. The second kappa shape index (κ2) is 3.89. The van der Waals surface area contributed by atoms with E-state index in [1.807, 2.05) is 30.8 Å². The quantitative estimate of drug-likeness (QED) is 0.822. The van der Waals surface area contributed by atoms with Gasteiger partial charge in [-0.3, -0.25) is 4.68 Å². The third-order valence-electron chi connectivity index (χ3n) is 1.99. The van der Waals surface area contributed by atoms with E-state index in [9.17, 15) is 0 Å². The molecule has 2 heterocycles. The Morgan fingerprint density at radius 1 is 1.64 bits per heavy atom. The van der Waals surface area contributed by atoms with Crippen molar-refractivity contribution in [1.82, 2.24) is 15.0 Å². The summed E-state index contributed by atoms with van der Waals surface area (Å²) in [7, 11) is 1.85. The van der Waals surface area contributed by atoms with Gasteiger partial charge in [-0.05, 0) is 11.4 Å². The number of thiophene rings is 1. The van der Waals surface area contributed by atoms with Gasteiger partial charge in [0.1, 0.15) is 0 Å². The monoisotopic (exact) mass is 208 g/mol. The highest BCUT2D eigenvalue weighted by molar-refractivity contribution is 7.10. The van der Waals surface area contributed by atoms with Crippen LogP contribution < -0.4 is 5.73 Å². The maximum absolute atomic E-state index is 6.01. The summed E-state index contributed by atoms with van der Waals surface area (Å²) in [6.45, 7) is 0. The summed E-state index contributed by atoms with van der Waals surface area (Å²) in [6.07, 6.45) is 2.64. The summed E-state index contributed by atoms with van der Waals surface area (Å²) in [6, 6.07) is 4.09. The first kappa shape index (κ1) is 9.36. The molecule has 0 aliphatic rings. The van der Waals surface area contributed by atoms with E-state index in [4.69, 9.17) is 5.73 Å². The van der Waals surface area contributed by atoms with Crippen molar-refractivity contribution in [3.8, 4) is 0 Å². The van der Waals surface area contributed by atoms with Gasteiger partial charge >= 0.3 is 0 Å². The van der Waals surface area contributed by atoms with Crippen LogP contribution in [-0.2, 0) is 13.5 Å². The Kier molecular flexibility index (Phi) is 2.60. The van der Waals surface area contributed by atoms with Gasteiger partial charge in [0.15, 0.2) is 0 Å². The van der Waals surface area contributed by atoms with Crippen LogP contribution >= 0.6 is 11.3 Å². The standard InChI is InChI=1S/C9H12N4S/c1-13-6-7(11-12-13)5-8(10)9-3-2-4-14-9/h2-4,6,8H,5,10H2,1H3. The average molecular weight is 208 g/mol. The summed E-state index contributed by atoms with van der Waals surface area (Å²) in [5.41, 5.74) is 6.95. The molecule has 4 nitrogen and oxygen atoms in total. The molecule has 0 aliphatic heterocycles. The fourth-order valence-electron chi connectivity index (χ4n) is 1.32. The van der Waals surface area contributed by atoms with Gasteiger partial charge in [0, 0.05) is 30.6 Å². The third-order valence-corrected chi connectivity index (χ3v) is 2.99. The number of aromatic nitrogens is 3. The van der Waals surface area contributed by atoms with Crippen LogP contribution in [0, 0.1) is 0 Å². The molecule has 2 N–H and O–H groups in total. The predicted octanol–water partition coefficient (Wildman–Crippen LogP) is 1.12. The van der Waals surface area contributed by atoms with Gasteiger partial charge in [0.25, 0.3) is 0 Å². The number of nitrogens with zero attached hydrogens (tertiary/aromatic N) is 3. The van der Waals surface area contributed by atoms with E-state index in [1.54, 1.807) is 16.0 Å². The molecule has 0 spiro atoms. The fourth-order valence-corrected chi connectivity index (χ4v) is 2.05. The molecule has 0 saturated heterocycles. The summed E-state index contributed by atoms with van der Waals surface area (Å²) < 4.78 is 1.69. The lowest BCUT2D eigenvalue weighted by atomic mass is 10.1. The van der Waals surface area contributed by atoms with E-state index in [1.165, 1.54) is 4.88 Å². The number of hydrogen-bond donors (Lipinski definition) is 1. The van der Waals surface area contributed by atoms with Crippen molar-refractivity contribution in [2.24, 2.45) is 12.8 Å². The van der Waals surface area contributed by atoms with Gasteiger partial charge in [-0.1, -0.05) is 11.3 Å². The minimum Gasteiger partial charge on any atom is -0.323 e. The van der Waals surface area contributed by atoms with Crippen molar-refractivity contribution < 1.29 is 0 Å². The smallest absolute Gasteiger partial charge is 0.0846 e. The first-order valence-electron chi connectivity index (χ1n) is 4.40. The molecule has 1 atom stereocenters. The van der Waals surface area contributed by atoms with Crippen LogP contribution in [0.1, 0.15) is 16.6 Å². The van der Waals surface area contributed by atoms with Crippen molar-refractivity contribution in [1.29, 1.82) is 0 Å². The molecule has 0 radical (unpaired) electrons. The van der Waals surface area contributed by atoms with Crippen molar-refractivity contribution in [3.05, 3.63) is 34.3 Å². The van der Waals surface area contributed by atoms with E-state index >= 15 is 0 Å². The van der Waals surface area contributed by atoms with Crippen LogP contribution in [0.25, 0.3) is 0 Å². The molecule has 2 aromatic rings. The van der Waals surface area contributed by atoms with E-state index in [0.717, 1.165) is 12.1 Å². The van der Waals surface area contributed by atoms with Crippen LogP contribution in [0.4, 0.5) is 0 Å². The zero-order chi connectivity index (χ0) is 9.97. The molecule has 0 fully saturated rings. The highest BCUT2D eigenvalue weighted by atomic mass is 32.1. The SMILES string of the molecule is Cn1cc(CC(N)c2cccs2)nn1. The molecule has 2 aromatic heterocycles. The van der Waals surface area contributed by atoms with Crippen LogP contribution in [-0.4, -0.2) is 15.0 Å². The highest BCUT2D eigenvalue weighted by Crippen LogP contribution is 2.19. The number of nitrogens with two attached hydrogens (primary N) is 1. The van der Waals surface area contributed by atoms with Gasteiger partial charge in [-0.2, -0.15) is 0 Å². The molecule has 5 heteroatoms. The number of aryl methyl sites for hydroxylation is 1. The molecule has 14 heavy (non-hydrogen) atoms. The number of rotatable bonds is 3.